The number of hydrogen-bond donors (Lipinski definition) is 0. The van der Waals surface area contributed by atoms with Crippen LogP contribution in [0.1, 0.15) is 0 Å². The molecule has 0 fully saturated rings. The van der Waals surface area contributed by atoms with Gasteiger partial charge in [-0.05, 0) is 0 Å². The molecule has 0 saturated carbocycles. The summed E-state index contributed by atoms with van der Waals surface area (Å²) in [4.78, 5) is 0. The maximum atomic E-state index is 0. The van der Waals surface area contributed by atoms with Gasteiger partial charge in [-0.15, -0.1) is 0 Å². The molecule has 5 heavy (non-hydrogen) atoms. The zero-order valence-electron chi connectivity index (χ0n) is 2.08. The van der Waals surface area contributed by atoms with E-state index in [4.69, 9.17) is 0 Å². The van der Waals surface area contributed by atoms with Crippen molar-refractivity contribution in [3.8, 4) is 0 Å². The third kappa shape index (κ3) is 26.1. The molecule has 0 bridgehead atoms. The van der Waals surface area contributed by atoms with E-state index in [0.717, 1.165) is 0 Å². The van der Waals surface area contributed by atoms with Crippen molar-refractivity contribution in [1.29, 1.82) is 0 Å². The first-order valence-electron chi connectivity index (χ1n) is 0. The van der Waals surface area contributed by atoms with Crippen LogP contribution in [0.15, 0.2) is 0 Å². The first kappa shape index (κ1) is 71.7. The summed E-state index contributed by atoms with van der Waals surface area (Å²) in [6.07, 6.45) is 0. The molecule has 30 valence electrons. The van der Waals surface area contributed by atoms with Gasteiger partial charge in [0.1, 0.15) is 0 Å². The van der Waals surface area contributed by atoms with Gasteiger partial charge in [-0.1, -0.05) is 0 Å². The molecule has 0 aliphatic rings. The minimum atomic E-state index is 0. The average molecular weight is 244 g/mol. The molecule has 0 unspecified atom stereocenters. The van der Waals surface area contributed by atoms with E-state index in [0.29, 0.717) is 0 Å². The maximum absolute atomic E-state index is 0. The minimum absolute atomic E-state index is 0. The van der Waals surface area contributed by atoms with E-state index in [2.05, 4.69) is 0 Å². The number of rotatable bonds is 0. The molecule has 0 aromatic rings. The standard InChI is InChI=1S/Ce.Fe.3O/q2*+3;3*-2. The Morgan fingerprint density at radius 3 is 0.600 bits per heavy atom. The Kier molecular flexibility index (Phi) is 599. The fraction of sp³-hybridized carbons (Fsp3) is 0. The molecule has 0 aliphatic carbocycles. The molecule has 0 heterocycles. The summed E-state index contributed by atoms with van der Waals surface area (Å²) < 4.78 is 0. The van der Waals surface area contributed by atoms with Gasteiger partial charge in [-0.3, -0.25) is 0 Å². The van der Waals surface area contributed by atoms with Gasteiger partial charge in [-0.25, -0.2) is 0 Å². The van der Waals surface area contributed by atoms with E-state index in [1.165, 1.54) is 0 Å². The molecule has 3 nitrogen and oxygen atoms in total. The van der Waals surface area contributed by atoms with Crippen molar-refractivity contribution in [3.63, 3.8) is 0 Å². The van der Waals surface area contributed by atoms with Crippen molar-refractivity contribution in [3.05, 3.63) is 0 Å². The first-order chi connectivity index (χ1) is 0. The van der Waals surface area contributed by atoms with Gasteiger partial charge in [-0.2, -0.15) is 0 Å². The molecule has 0 spiro atoms. The molecule has 0 N–H and O–H groups in total. The van der Waals surface area contributed by atoms with Crippen LogP contribution in [0.4, 0.5) is 0 Å². The van der Waals surface area contributed by atoms with Crippen LogP contribution in [0, 0.1) is 41.7 Å². The predicted octanol–water partition coefficient (Wildman–Crippen LogP) is -0.359. The van der Waals surface area contributed by atoms with Crippen LogP contribution in [-0.4, -0.2) is 0 Å². The van der Waals surface area contributed by atoms with Crippen molar-refractivity contribution >= 4 is 0 Å². The third-order valence-electron chi connectivity index (χ3n) is 0. The zero-order chi connectivity index (χ0) is 0. The van der Waals surface area contributed by atoms with Gasteiger partial charge < -0.3 is 16.4 Å². The Hall–Kier alpha value is 1.78. The van der Waals surface area contributed by atoms with E-state index in [1.807, 2.05) is 0 Å². The van der Waals surface area contributed by atoms with Gasteiger partial charge in [0.25, 0.3) is 0 Å². The van der Waals surface area contributed by atoms with Crippen LogP contribution < -0.4 is 0 Å². The molecule has 0 aromatic heterocycles. The smallest absolute Gasteiger partial charge is 2.00 e. The van der Waals surface area contributed by atoms with Crippen molar-refractivity contribution in [2.45, 2.75) is 0 Å². The second-order valence-electron chi connectivity index (χ2n) is 0. The normalized spacial score (nSPS) is 0. The predicted molar refractivity (Wildman–Crippen MR) is 2.06 cm³/mol. The number of hydrogen-bond acceptors (Lipinski definition) is 0. The fourth-order valence-corrected chi connectivity index (χ4v) is 0. The SMILES string of the molecule is [Ce+3].[Fe+3].[O-2].[O-2].[O-2]. The monoisotopic (exact) mass is 244 g/mol. The van der Waals surface area contributed by atoms with Gasteiger partial charge >= 0.3 is 58.8 Å². The Bertz CT molecular complexity index is 6.85. The Balaban J connectivity index is 0. The summed E-state index contributed by atoms with van der Waals surface area (Å²) in [5.41, 5.74) is 0. The second-order valence-corrected chi connectivity index (χ2v) is 0. The second kappa shape index (κ2) is 41.8. The van der Waals surface area contributed by atoms with Crippen molar-refractivity contribution in [1.82, 2.24) is 0 Å². The summed E-state index contributed by atoms with van der Waals surface area (Å²) in [7, 11) is 0. The topological polar surface area (TPSA) is 85.5 Å². The molecule has 0 rings (SSSR count). The summed E-state index contributed by atoms with van der Waals surface area (Å²) in [5.74, 6) is 0. The van der Waals surface area contributed by atoms with Crippen LogP contribution in [0.2, 0.25) is 0 Å². The van der Waals surface area contributed by atoms with Crippen LogP contribution >= 0.6 is 0 Å². The van der Waals surface area contributed by atoms with Crippen LogP contribution in [-0.2, 0) is 33.5 Å². The molecule has 2 radical (unpaired) electrons. The third-order valence-corrected chi connectivity index (χ3v) is 0. The fourth-order valence-electron chi connectivity index (χ4n) is 0. The molecule has 0 atom stereocenters. The Labute approximate surface area is 74.3 Å². The van der Waals surface area contributed by atoms with Crippen molar-refractivity contribution in [2.75, 3.05) is 0 Å². The summed E-state index contributed by atoms with van der Waals surface area (Å²) in [5, 5.41) is 0. The molecule has 0 aromatic carbocycles. The van der Waals surface area contributed by atoms with Gasteiger partial charge in [0.15, 0.2) is 0 Å². The molecular weight excluding hydrogens is 244 g/mol. The first-order valence-corrected chi connectivity index (χ1v) is 0. The summed E-state index contributed by atoms with van der Waals surface area (Å²) in [6, 6.07) is 0. The molecular formula is CeFeO3. The van der Waals surface area contributed by atoms with Crippen LogP contribution in [0.5, 0.6) is 0 Å². The summed E-state index contributed by atoms with van der Waals surface area (Å²) >= 11 is 0. The molecule has 0 saturated heterocycles. The Morgan fingerprint density at radius 2 is 0.600 bits per heavy atom. The van der Waals surface area contributed by atoms with E-state index in [-0.39, 0.29) is 75.2 Å². The van der Waals surface area contributed by atoms with Crippen molar-refractivity contribution in [2.24, 2.45) is 0 Å². The summed E-state index contributed by atoms with van der Waals surface area (Å²) in [6.45, 7) is 0. The molecule has 5 heteroatoms. The van der Waals surface area contributed by atoms with E-state index < -0.39 is 0 Å². The zero-order valence-corrected chi connectivity index (χ0v) is 6.32. The Morgan fingerprint density at radius 1 is 0.600 bits per heavy atom. The minimum Gasteiger partial charge on any atom is -2.00 e. The van der Waals surface area contributed by atoms with Crippen LogP contribution in [0.3, 0.4) is 0 Å². The van der Waals surface area contributed by atoms with Gasteiger partial charge in [0, 0.05) is 0 Å². The largest absolute Gasteiger partial charge is 3.00 e. The van der Waals surface area contributed by atoms with E-state index >= 15 is 0 Å². The van der Waals surface area contributed by atoms with Gasteiger partial charge in [0.05, 0.1) is 0 Å². The van der Waals surface area contributed by atoms with Gasteiger partial charge in [0.2, 0.25) is 0 Å². The molecule has 0 aliphatic heterocycles. The average Bonchev–Trinajstić information content (AvgIpc) is 0. The quantitative estimate of drug-likeness (QED) is 0.521. The molecule has 0 amide bonds. The van der Waals surface area contributed by atoms with Crippen molar-refractivity contribution < 1.29 is 75.2 Å². The van der Waals surface area contributed by atoms with E-state index in [1.54, 1.807) is 0 Å². The van der Waals surface area contributed by atoms with E-state index in [9.17, 15) is 0 Å². The van der Waals surface area contributed by atoms with Crippen LogP contribution in [0.25, 0.3) is 0 Å². The maximum Gasteiger partial charge on any atom is 3.00 e.